The smallest absolute Gasteiger partial charge is 0.253 e. The molecule has 1 saturated carbocycles. The van der Waals surface area contributed by atoms with Gasteiger partial charge in [0.05, 0.1) is 18.3 Å². The fourth-order valence-corrected chi connectivity index (χ4v) is 5.42. The number of oxazole rings is 1. The van der Waals surface area contributed by atoms with Crippen molar-refractivity contribution >= 4 is 11.8 Å². The molecule has 3 aromatic rings. The molecule has 162 valence electrons. The Morgan fingerprint density at radius 3 is 2.69 bits per heavy atom. The molecule has 2 amide bonds. The zero-order chi connectivity index (χ0) is 21.8. The first-order valence-corrected chi connectivity index (χ1v) is 10.9. The lowest BCUT2D eigenvalue weighted by Gasteiger charge is -2.22. The molecule has 0 unspecified atom stereocenters. The van der Waals surface area contributed by atoms with Gasteiger partial charge in [-0.1, -0.05) is 36.4 Å². The van der Waals surface area contributed by atoms with Crippen LogP contribution in [0.2, 0.25) is 0 Å². The van der Waals surface area contributed by atoms with Crippen molar-refractivity contribution in [3.05, 3.63) is 77.8 Å². The zero-order valence-electron chi connectivity index (χ0n) is 17.3. The highest BCUT2D eigenvalue weighted by molar-refractivity contribution is 5.96. The Balaban J connectivity index is 1.09. The first-order chi connectivity index (χ1) is 15.6. The van der Waals surface area contributed by atoms with E-state index < -0.39 is 6.10 Å². The topological polar surface area (TPSA) is 95.7 Å². The van der Waals surface area contributed by atoms with Gasteiger partial charge >= 0.3 is 0 Å². The number of nitrogens with zero attached hydrogens (tertiary/aromatic N) is 2. The molecule has 1 saturated heterocycles. The number of hydrogen-bond donors (Lipinski definition) is 2. The van der Waals surface area contributed by atoms with Gasteiger partial charge in [-0.3, -0.25) is 9.59 Å². The van der Waals surface area contributed by atoms with E-state index in [1.807, 2.05) is 47.4 Å². The lowest BCUT2D eigenvalue weighted by atomic mass is 10.1. The van der Waals surface area contributed by atoms with Crippen molar-refractivity contribution in [3.8, 4) is 11.3 Å². The van der Waals surface area contributed by atoms with Crippen LogP contribution in [-0.2, 0) is 11.2 Å². The van der Waals surface area contributed by atoms with Gasteiger partial charge in [-0.2, -0.15) is 0 Å². The third-order valence-corrected chi connectivity index (χ3v) is 7.11. The highest BCUT2D eigenvalue weighted by atomic mass is 16.3. The number of fused-ring (bicyclic) bond motifs is 2. The summed E-state index contributed by atoms with van der Waals surface area (Å²) in [5, 5.41) is 13.5. The maximum absolute atomic E-state index is 13.0. The van der Waals surface area contributed by atoms with Crippen LogP contribution in [0.3, 0.4) is 0 Å². The van der Waals surface area contributed by atoms with Crippen LogP contribution in [0.1, 0.15) is 27.5 Å². The number of carbonyl (C=O) groups excluding carboxylic acids is 2. The first kappa shape index (κ1) is 19.3. The molecule has 1 aliphatic heterocycles. The molecule has 2 aromatic carbocycles. The average molecular weight is 429 g/mol. The highest BCUT2D eigenvalue weighted by Crippen LogP contribution is 2.52. The minimum Gasteiger partial charge on any atom is -0.444 e. The third kappa shape index (κ3) is 3.12. The number of aliphatic hydroxyl groups is 1. The molecule has 7 heteroatoms. The van der Waals surface area contributed by atoms with Gasteiger partial charge in [0.25, 0.3) is 5.91 Å². The fraction of sp³-hybridized carbons (Fsp3) is 0.320. The normalized spacial score (nSPS) is 27.7. The molecule has 1 aromatic heterocycles. The molecule has 6 rings (SSSR count). The Labute approximate surface area is 185 Å². The summed E-state index contributed by atoms with van der Waals surface area (Å²) in [7, 11) is 0. The zero-order valence-corrected chi connectivity index (χ0v) is 17.3. The molecule has 0 bridgehead atoms. The Morgan fingerprint density at radius 1 is 1.09 bits per heavy atom. The van der Waals surface area contributed by atoms with E-state index in [2.05, 4.69) is 10.3 Å². The molecule has 2 heterocycles. The maximum Gasteiger partial charge on any atom is 0.253 e. The summed E-state index contributed by atoms with van der Waals surface area (Å²) in [5.41, 5.74) is 3.51. The summed E-state index contributed by atoms with van der Waals surface area (Å²) in [6.45, 7) is 1.16. The number of likely N-dealkylation sites (tertiary alicyclic amines) is 1. The van der Waals surface area contributed by atoms with Crippen LogP contribution in [-0.4, -0.2) is 46.0 Å². The van der Waals surface area contributed by atoms with Crippen molar-refractivity contribution < 1.29 is 19.1 Å². The molecule has 4 atom stereocenters. The molecule has 7 nitrogen and oxygen atoms in total. The SMILES string of the molecule is O=C(N[C@@H]1c2ccccc2C[C@@H]1O)C1[C@H]2CN(C(=O)c3cccc(-c4cnco4)c3)C[C@H]12. The average Bonchev–Trinajstić information content (AvgIpc) is 3.25. The van der Waals surface area contributed by atoms with Gasteiger partial charge < -0.3 is 19.7 Å². The summed E-state index contributed by atoms with van der Waals surface area (Å²) in [6, 6.07) is 14.8. The molecule has 2 aliphatic carbocycles. The van der Waals surface area contributed by atoms with Crippen molar-refractivity contribution in [2.45, 2.75) is 18.6 Å². The predicted octanol–water partition coefficient (Wildman–Crippen LogP) is 2.43. The molecule has 2 fully saturated rings. The van der Waals surface area contributed by atoms with Gasteiger partial charge in [0.15, 0.2) is 12.2 Å². The molecular weight excluding hydrogens is 406 g/mol. The van der Waals surface area contributed by atoms with Gasteiger partial charge in [0.1, 0.15) is 0 Å². The van der Waals surface area contributed by atoms with E-state index in [1.165, 1.54) is 6.39 Å². The summed E-state index contributed by atoms with van der Waals surface area (Å²) in [4.78, 5) is 31.7. The number of rotatable bonds is 4. The third-order valence-electron chi connectivity index (χ3n) is 7.11. The van der Waals surface area contributed by atoms with Crippen LogP contribution < -0.4 is 5.32 Å². The van der Waals surface area contributed by atoms with E-state index in [0.717, 1.165) is 16.7 Å². The van der Waals surface area contributed by atoms with E-state index in [9.17, 15) is 14.7 Å². The van der Waals surface area contributed by atoms with Crippen LogP contribution in [0, 0.1) is 17.8 Å². The minimum absolute atomic E-state index is 0.0137. The number of piperidine rings is 1. The van der Waals surface area contributed by atoms with Gasteiger partial charge in [-0.05, 0) is 35.1 Å². The van der Waals surface area contributed by atoms with E-state index in [1.54, 1.807) is 12.3 Å². The monoisotopic (exact) mass is 429 g/mol. The van der Waals surface area contributed by atoms with Crippen LogP contribution in [0.25, 0.3) is 11.3 Å². The number of aromatic nitrogens is 1. The van der Waals surface area contributed by atoms with Crippen LogP contribution in [0.15, 0.2) is 65.5 Å². The molecule has 0 spiro atoms. The molecule has 3 aliphatic rings. The van der Waals surface area contributed by atoms with Gasteiger partial charge in [0.2, 0.25) is 5.91 Å². The maximum atomic E-state index is 13.0. The highest BCUT2D eigenvalue weighted by Gasteiger charge is 2.60. The van der Waals surface area contributed by atoms with E-state index in [-0.39, 0.29) is 35.6 Å². The van der Waals surface area contributed by atoms with Crippen LogP contribution in [0.5, 0.6) is 0 Å². The van der Waals surface area contributed by atoms with Crippen LogP contribution >= 0.6 is 0 Å². The lowest BCUT2D eigenvalue weighted by molar-refractivity contribution is -0.124. The second kappa shape index (κ2) is 7.31. The quantitative estimate of drug-likeness (QED) is 0.664. The second-order valence-corrected chi connectivity index (χ2v) is 8.97. The second-order valence-electron chi connectivity index (χ2n) is 8.97. The summed E-state index contributed by atoms with van der Waals surface area (Å²) in [5.74, 6) is 0.865. The molecule has 32 heavy (non-hydrogen) atoms. The summed E-state index contributed by atoms with van der Waals surface area (Å²) >= 11 is 0. The lowest BCUT2D eigenvalue weighted by Crippen LogP contribution is -2.38. The number of carbonyl (C=O) groups is 2. The van der Waals surface area contributed by atoms with Crippen molar-refractivity contribution in [2.24, 2.45) is 17.8 Å². The Morgan fingerprint density at radius 2 is 1.91 bits per heavy atom. The largest absolute Gasteiger partial charge is 0.444 e. The molecule has 2 N–H and O–H groups in total. The summed E-state index contributed by atoms with van der Waals surface area (Å²) < 4.78 is 5.33. The van der Waals surface area contributed by atoms with E-state index >= 15 is 0 Å². The van der Waals surface area contributed by atoms with Gasteiger partial charge in [-0.25, -0.2) is 4.98 Å². The molecular formula is C25H23N3O4. The van der Waals surface area contributed by atoms with Crippen LogP contribution in [0.4, 0.5) is 0 Å². The Bertz CT molecular complexity index is 1180. The fourth-order valence-electron chi connectivity index (χ4n) is 5.42. The van der Waals surface area contributed by atoms with E-state index in [0.29, 0.717) is 30.8 Å². The number of aliphatic hydroxyl groups excluding tert-OH is 1. The Hall–Kier alpha value is -3.45. The van der Waals surface area contributed by atoms with Crippen molar-refractivity contribution in [1.82, 2.24) is 15.2 Å². The number of hydrogen-bond acceptors (Lipinski definition) is 5. The number of benzene rings is 2. The van der Waals surface area contributed by atoms with Gasteiger partial charge in [-0.15, -0.1) is 0 Å². The van der Waals surface area contributed by atoms with Crippen molar-refractivity contribution in [3.63, 3.8) is 0 Å². The minimum atomic E-state index is -0.593. The van der Waals surface area contributed by atoms with Crippen molar-refractivity contribution in [1.29, 1.82) is 0 Å². The number of amides is 2. The standard InChI is InChI=1S/C25H23N3O4/c29-20-9-14-4-1-2-7-17(14)23(20)27-24(30)22-18-11-28(12-19(18)22)25(31)16-6-3-5-15(8-16)21-10-26-13-32-21/h1-8,10,13,18-20,22-23,29H,9,11-12H2,(H,27,30)/t18-,19-,20-,23+/m0/s1. The first-order valence-electron chi connectivity index (χ1n) is 10.9. The summed E-state index contributed by atoms with van der Waals surface area (Å²) in [6.07, 6.45) is 2.96. The van der Waals surface area contributed by atoms with Crippen molar-refractivity contribution in [2.75, 3.05) is 13.1 Å². The molecule has 0 radical (unpaired) electrons. The number of nitrogens with one attached hydrogen (secondary N) is 1. The Kier molecular flexibility index (Phi) is 4.40. The van der Waals surface area contributed by atoms with E-state index in [4.69, 9.17) is 4.42 Å². The van der Waals surface area contributed by atoms with Gasteiger partial charge in [0, 0.05) is 36.6 Å². The predicted molar refractivity (Wildman–Crippen MR) is 115 cm³/mol.